The number of fused-ring (bicyclic) bond motifs is 2. The summed E-state index contributed by atoms with van der Waals surface area (Å²) >= 11 is 0. The first-order valence-electron chi connectivity index (χ1n) is 10.3. The molecule has 2 aliphatic rings. The zero-order valence-corrected chi connectivity index (χ0v) is 16.7. The number of benzene rings is 1. The quantitative estimate of drug-likeness (QED) is 0.618. The molecule has 3 atom stereocenters. The van der Waals surface area contributed by atoms with Crippen molar-refractivity contribution in [1.82, 2.24) is 14.8 Å². The van der Waals surface area contributed by atoms with Gasteiger partial charge in [-0.3, -0.25) is 0 Å². The van der Waals surface area contributed by atoms with Gasteiger partial charge in [0.05, 0.1) is 23.7 Å². The number of rotatable bonds is 4. The fourth-order valence-electron chi connectivity index (χ4n) is 5.09. The molecule has 0 amide bonds. The van der Waals surface area contributed by atoms with Crippen LogP contribution < -0.4 is 0 Å². The van der Waals surface area contributed by atoms with Gasteiger partial charge in [0.1, 0.15) is 5.82 Å². The molecule has 0 unspecified atom stereocenters. The molecule has 3 aromatic rings. The number of allylic oxidation sites excluding steroid dienone is 1. The van der Waals surface area contributed by atoms with E-state index >= 15 is 0 Å². The van der Waals surface area contributed by atoms with E-state index in [9.17, 15) is 13.9 Å². The highest BCUT2D eigenvalue weighted by Crippen LogP contribution is 2.55. The summed E-state index contributed by atoms with van der Waals surface area (Å²) in [6, 6.07) is 9.25. The molecule has 30 heavy (non-hydrogen) atoms. The van der Waals surface area contributed by atoms with Gasteiger partial charge in [-0.15, -0.1) is 0 Å². The summed E-state index contributed by atoms with van der Waals surface area (Å²) in [7, 11) is 0. The third kappa shape index (κ3) is 3.16. The summed E-state index contributed by atoms with van der Waals surface area (Å²) in [5, 5.41) is 15.3. The molecule has 154 valence electrons. The van der Waals surface area contributed by atoms with Crippen LogP contribution in [0.25, 0.3) is 11.8 Å². The van der Waals surface area contributed by atoms with Crippen LogP contribution >= 0.6 is 0 Å². The molecule has 0 saturated heterocycles. The Morgan fingerprint density at radius 1 is 1.17 bits per heavy atom. The van der Waals surface area contributed by atoms with E-state index in [1.807, 2.05) is 10.9 Å². The van der Waals surface area contributed by atoms with Crippen molar-refractivity contribution >= 4 is 6.08 Å². The van der Waals surface area contributed by atoms with Crippen LogP contribution in [0, 0.1) is 23.1 Å². The predicted molar refractivity (Wildman–Crippen MR) is 110 cm³/mol. The van der Waals surface area contributed by atoms with Gasteiger partial charge in [-0.1, -0.05) is 18.6 Å². The number of halogens is 2. The Kier molecular flexibility index (Phi) is 4.54. The number of aliphatic hydroxyl groups is 1. The Balaban J connectivity index is 1.41. The Morgan fingerprint density at radius 2 is 1.97 bits per heavy atom. The molecule has 1 N–H and O–H groups in total. The van der Waals surface area contributed by atoms with Crippen LogP contribution in [0.3, 0.4) is 0 Å². The molecule has 0 bridgehead atoms. The second-order valence-electron chi connectivity index (χ2n) is 8.61. The predicted octanol–water partition coefficient (Wildman–Crippen LogP) is 5.03. The lowest BCUT2D eigenvalue weighted by Gasteiger charge is -2.37. The standard InChI is InChI=1S/C24H23F2N3O/c1-24-12-16-14-28-29(20-7-5-19(25)6-8-20)21(16)10-17(24)3-4-18(24)11-22(30)15-2-9-23(26)27-13-15/h2,5-10,13-14,18,22,30H,3-4,11-12H2,1H3/t18-,22-,24+/m1/s1. The Bertz CT molecular complexity index is 1100. The maximum absolute atomic E-state index is 13.3. The van der Waals surface area contributed by atoms with Gasteiger partial charge < -0.3 is 5.11 Å². The van der Waals surface area contributed by atoms with Crippen molar-refractivity contribution in [1.29, 1.82) is 0 Å². The second kappa shape index (κ2) is 7.13. The van der Waals surface area contributed by atoms with Crippen LogP contribution in [-0.4, -0.2) is 19.9 Å². The lowest BCUT2D eigenvalue weighted by atomic mass is 9.68. The number of pyridine rings is 1. The first-order valence-corrected chi connectivity index (χ1v) is 10.3. The van der Waals surface area contributed by atoms with Crippen molar-refractivity contribution in [3.8, 4) is 5.69 Å². The van der Waals surface area contributed by atoms with Crippen molar-refractivity contribution < 1.29 is 13.9 Å². The highest BCUT2D eigenvalue weighted by Gasteiger charge is 2.46. The van der Waals surface area contributed by atoms with Gasteiger partial charge in [-0.25, -0.2) is 14.1 Å². The van der Waals surface area contributed by atoms with Crippen molar-refractivity contribution in [2.24, 2.45) is 11.3 Å². The van der Waals surface area contributed by atoms with Crippen LogP contribution in [0.15, 0.2) is 54.4 Å². The van der Waals surface area contributed by atoms with E-state index < -0.39 is 12.1 Å². The highest BCUT2D eigenvalue weighted by atomic mass is 19.1. The average Bonchev–Trinajstić information content (AvgIpc) is 3.27. The second-order valence-corrected chi connectivity index (χ2v) is 8.61. The SMILES string of the molecule is C[C@]12Cc3cnn(-c4ccc(F)cc4)c3C=C1CC[C@@H]2C[C@@H](O)c1ccc(F)nc1. The summed E-state index contributed by atoms with van der Waals surface area (Å²) in [5.41, 5.74) is 5.03. The molecule has 0 radical (unpaired) electrons. The lowest BCUT2D eigenvalue weighted by molar-refractivity contribution is 0.112. The third-order valence-corrected chi connectivity index (χ3v) is 6.87. The maximum Gasteiger partial charge on any atom is 0.212 e. The fourth-order valence-corrected chi connectivity index (χ4v) is 5.09. The largest absolute Gasteiger partial charge is 0.388 e. The fraction of sp³-hybridized carbons (Fsp3) is 0.333. The van der Waals surface area contributed by atoms with Gasteiger partial charge in [-0.05, 0) is 84.6 Å². The van der Waals surface area contributed by atoms with Crippen LogP contribution in [0.1, 0.15) is 49.1 Å². The zero-order chi connectivity index (χ0) is 20.9. The van der Waals surface area contributed by atoms with E-state index in [2.05, 4.69) is 23.1 Å². The molecular formula is C24H23F2N3O. The molecule has 1 aromatic carbocycles. The van der Waals surface area contributed by atoms with E-state index in [1.165, 1.54) is 30.0 Å². The molecule has 0 spiro atoms. The molecular weight excluding hydrogens is 384 g/mol. The first-order chi connectivity index (χ1) is 14.4. The summed E-state index contributed by atoms with van der Waals surface area (Å²) < 4.78 is 28.3. The van der Waals surface area contributed by atoms with Crippen LogP contribution in [0.5, 0.6) is 0 Å². The van der Waals surface area contributed by atoms with Gasteiger partial charge in [0.2, 0.25) is 5.95 Å². The molecule has 2 aromatic heterocycles. The summed E-state index contributed by atoms with van der Waals surface area (Å²) in [4.78, 5) is 3.67. The maximum atomic E-state index is 13.3. The Hall–Kier alpha value is -2.86. The van der Waals surface area contributed by atoms with Crippen LogP contribution in [0.4, 0.5) is 8.78 Å². The van der Waals surface area contributed by atoms with E-state index in [-0.39, 0.29) is 11.2 Å². The molecule has 5 rings (SSSR count). The number of hydrogen-bond acceptors (Lipinski definition) is 3. The topological polar surface area (TPSA) is 50.9 Å². The minimum absolute atomic E-state index is 0.0436. The van der Waals surface area contributed by atoms with Gasteiger partial charge in [0.25, 0.3) is 0 Å². The van der Waals surface area contributed by atoms with Gasteiger partial charge in [0.15, 0.2) is 0 Å². The Morgan fingerprint density at radius 3 is 2.70 bits per heavy atom. The first kappa shape index (κ1) is 19.1. The van der Waals surface area contributed by atoms with Crippen LogP contribution in [0.2, 0.25) is 0 Å². The van der Waals surface area contributed by atoms with Gasteiger partial charge >= 0.3 is 0 Å². The van der Waals surface area contributed by atoms with Crippen molar-refractivity contribution in [3.63, 3.8) is 0 Å². The number of hydrogen-bond donors (Lipinski definition) is 1. The molecule has 4 nitrogen and oxygen atoms in total. The Labute approximate surface area is 173 Å². The minimum atomic E-state index is -0.664. The van der Waals surface area contributed by atoms with Crippen molar-refractivity contribution in [2.75, 3.05) is 0 Å². The van der Waals surface area contributed by atoms with E-state index in [0.717, 1.165) is 36.2 Å². The minimum Gasteiger partial charge on any atom is -0.388 e. The summed E-state index contributed by atoms with van der Waals surface area (Å²) in [5.74, 6) is -0.493. The normalized spacial score (nSPS) is 23.6. The average molecular weight is 407 g/mol. The lowest BCUT2D eigenvalue weighted by Crippen LogP contribution is -2.30. The monoisotopic (exact) mass is 407 g/mol. The smallest absolute Gasteiger partial charge is 0.212 e. The van der Waals surface area contributed by atoms with Crippen molar-refractivity contribution in [3.05, 3.63) is 83.0 Å². The molecule has 1 fully saturated rings. The zero-order valence-electron chi connectivity index (χ0n) is 16.7. The van der Waals surface area contributed by atoms with E-state index in [1.54, 1.807) is 18.2 Å². The molecule has 0 aliphatic heterocycles. The highest BCUT2D eigenvalue weighted by molar-refractivity contribution is 5.61. The van der Waals surface area contributed by atoms with Crippen molar-refractivity contribution in [2.45, 2.75) is 38.7 Å². The molecule has 2 aliphatic carbocycles. The number of nitrogens with zero attached hydrogens (tertiary/aromatic N) is 3. The van der Waals surface area contributed by atoms with Gasteiger partial charge in [0, 0.05) is 6.20 Å². The molecule has 2 heterocycles. The summed E-state index contributed by atoms with van der Waals surface area (Å²) in [6.45, 7) is 2.27. The number of aliphatic hydroxyl groups excluding tert-OH is 1. The van der Waals surface area contributed by atoms with Gasteiger partial charge in [-0.2, -0.15) is 9.49 Å². The van der Waals surface area contributed by atoms with Crippen LogP contribution in [-0.2, 0) is 6.42 Å². The van der Waals surface area contributed by atoms with E-state index in [4.69, 9.17) is 0 Å². The molecule has 6 heteroatoms. The number of aromatic nitrogens is 3. The third-order valence-electron chi connectivity index (χ3n) is 6.87. The van der Waals surface area contributed by atoms with E-state index in [0.29, 0.717) is 17.9 Å². The summed E-state index contributed by atoms with van der Waals surface area (Å²) in [6.07, 6.45) is 8.32. The molecule has 1 saturated carbocycles.